The molecule has 0 aliphatic carbocycles. The van der Waals surface area contributed by atoms with Crippen LogP contribution in [0, 0.1) is 11.3 Å². The highest BCUT2D eigenvalue weighted by atomic mass is 32.2. The van der Waals surface area contributed by atoms with Crippen LogP contribution in [0.25, 0.3) is 0 Å². The molecule has 0 radical (unpaired) electrons. The second kappa shape index (κ2) is 7.75. The van der Waals surface area contributed by atoms with Crippen LogP contribution in [-0.2, 0) is 4.79 Å². The molecule has 1 N–H and O–H groups in total. The van der Waals surface area contributed by atoms with Crippen LogP contribution in [-0.4, -0.2) is 11.7 Å². The van der Waals surface area contributed by atoms with Crippen molar-refractivity contribution in [1.29, 1.82) is 5.26 Å². The minimum absolute atomic E-state index is 0.104. The topological polar surface area (TPSA) is 52.9 Å². The second-order valence-corrected chi connectivity index (χ2v) is 4.78. The van der Waals surface area contributed by atoms with Gasteiger partial charge in [-0.05, 0) is 36.4 Å². The number of benzene rings is 1. The van der Waals surface area contributed by atoms with Gasteiger partial charge in [0.25, 0.3) is 0 Å². The monoisotopic (exact) mass is 248 g/mol. The highest BCUT2D eigenvalue weighted by Gasteiger charge is 2.01. The van der Waals surface area contributed by atoms with Gasteiger partial charge in [0, 0.05) is 10.6 Å². The molecule has 0 spiro atoms. The average molecular weight is 248 g/mol. The van der Waals surface area contributed by atoms with Gasteiger partial charge >= 0.3 is 0 Å². The van der Waals surface area contributed by atoms with Crippen LogP contribution in [0.3, 0.4) is 0 Å². The van der Waals surface area contributed by atoms with Crippen LogP contribution in [0.4, 0.5) is 5.69 Å². The number of nitrogens with one attached hydrogen (secondary N) is 1. The normalized spacial score (nSPS) is 9.65. The Morgan fingerprint density at radius 3 is 2.71 bits per heavy atom. The molecule has 0 fully saturated rings. The number of carbonyl (C=O) groups is 1. The van der Waals surface area contributed by atoms with Gasteiger partial charge in [-0.2, -0.15) is 5.26 Å². The van der Waals surface area contributed by atoms with Crippen molar-refractivity contribution in [2.75, 3.05) is 11.1 Å². The first-order valence-electron chi connectivity index (χ1n) is 5.66. The standard InChI is InChI=1S/C13H16N2OS/c1-2-3-10-17-12-6-4-11(5-7-12)15-13(16)8-9-14/h4-7H,2-3,8,10H2,1H3,(H,15,16). The number of nitriles is 1. The van der Waals surface area contributed by atoms with Crippen molar-refractivity contribution in [3.8, 4) is 6.07 Å². The van der Waals surface area contributed by atoms with E-state index in [0.29, 0.717) is 0 Å². The van der Waals surface area contributed by atoms with Crippen LogP contribution in [0.5, 0.6) is 0 Å². The van der Waals surface area contributed by atoms with E-state index in [9.17, 15) is 4.79 Å². The van der Waals surface area contributed by atoms with Crippen LogP contribution in [0.2, 0.25) is 0 Å². The molecular weight excluding hydrogens is 232 g/mol. The lowest BCUT2D eigenvalue weighted by Crippen LogP contribution is -2.09. The van der Waals surface area contributed by atoms with Crippen molar-refractivity contribution in [2.24, 2.45) is 0 Å². The van der Waals surface area contributed by atoms with E-state index in [1.165, 1.54) is 17.7 Å². The molecule has 0 aliphatic rings. The summed E-state index contributed by atoms with van der Waals surface area (Å²) in [6.45, 7) is 2.17. The Balaban J connectivity index is 2.45. The Hall–Kier alpha value is -1.47. The van der Waals surface area contributed by atoms with E-state index in [1.807, 2.05) is 42.1 Å². The number of hydrogen-bond acceptors (Lipinski definition) is 3. The van der Waals surface area contributed by atoms with Crippen molar-refractivity contribution >= 4 is 23.4 Å². The van der Waals surface area contributed by atoms with Gasteiger partial charge in [0.1, 0.15) is 6.42 Å². The van der Waals surface area contributed by atoms with E-state index < -0.39 is 0 Å². The number of unbranched alkanes of at least 4 members (excludes halogenated alkanes) is 1. The number of hydrogen-bond donors (Lipinski definition) is 1. The zero-order valence-electron chi connectivity index (χ0n) is 9.90. The molecule has 0 unspecified atom stereocenters. The van der Waals surface area contributed by atoms with Gasteiger partial charge in [-0.3, -0.25) is 4.79 Å². The number of rotatable bonds is 6. The zero-order valence-corrected chi connectivity index (χ0v) is 10.7. The van der Waals surface area contributed by atoms with E-state index in [0.717, 1.165) is 11.4 Å². The lowest BCUT2D eigenvalue weighted by Gasteiger charge is -2.04. The molecule has 0 bridgehead atoms. The number of amides is 1. The third kappa shape index (κ3) is 5.41. The first-order chi connectivity index (χ1) is 8.26. The van der Waals surface area contributed by atoms with Crippen molar-refractivity contribution < 1.29 is 4.79 Å². The molecule has 0 saturated carbocycles. The summed E-state index contributed by atoms with van der Waals surface area (Å²) in [5, 5.41) is 11.0. The first kappa shape index (κ1) is 13.6. The van der Waals surface area contributed by atoms with Gasteiger partial charge in [-0.25, -0.2) is 0 Å². The fourth-order valence-electron chi connectivity index (χ4n) is 1.25. The van der Waals surface area contributed by atoms with Gasteiger partial charge < -0.3 is 5.32 Å². The molecular formula is C13H16N2OS. The number of thioether (sulfide) groups is 1. The number of nitrogens with zero attached hydrogens (tertiary/aromatic N) is 1. The Labute approximate surface area is 106 Å². The Morgan fingerprint density at radius 2 is 2.12 bits per heavy atom. The molecule has 17 heavy (non-hydrogen) atoms. The summed E-state index contributed by atoms with van der Waals surface area (Å²) in [6, 6.07) is 9.52. The van der Waals surface area contributed by atoms with Crippen LogP contribution in [0.15, 0.2) is 29.2 Å². The molecule has 0 aromatic heterocycles. The van der Waals surface area contributed by atoms with Crippen LogP contribution in [0.1, 0.15) is 26.2 Å². The Kier molecular flexibility index (Phi) is 6.19. The molecule has 1 aromatic carbocycles. The molecule has 1 rings (SSSR count). The predicted octanol–water partition coefficient (Wildman–Crippen LogP) is 3.43. The van der Waals surface area contributed by atoms with Gasteiger partial charge in [-0.15, -0.1) is 11.8 Å². The van der Waals surface area contributed by atoms with E-state index in [4.69, 9.17) is 5.26 Å². The van der Waals surface area contributed by atoms with E-state index >= 15 is 0 Å². The maximum absolute atomic E-state index is 11.2. The summed E-state index contributed by atoms with van der Waals surface area (Å²) < 4.78 is 0. The average Bonchev–Trinajstić information content (AvgIpc) is 2.32. The third-order valence-electron chi connectivity index (χ3n) is 2.14. The van der Waals surface area contributed by atoms with E-state index in [1.54, 1.807) is 0 Å². The van der Waals surface area contributed by atoms with Crippen molar-refractivity contribution in [3.05, 3.63) is 24.3 Å². The highest BCUT2D eigenvalue weighted by Crippen LogP contribution is 2.21. The molecule has 1 amide bonds. The number of anilines is 1. The van der Waals surface area contributed by atoms with Gasteiger partial charge in [0.15, 0.2) is 0 Å². The SMILES string of the molecule is CCCCSc1ccc(NC(=O)CC#N)cc1. The molecule has 0 heterocycles. The molecule has 4 heteroatoms. The minimum Gasteiger partial charge on any atom is -0.325 e. The maximum Gasteiger partial charge on any atom is 0.238 e. The largest absolute Gasteiger partial charge is 0.325 e. The number of carbonyl (C=O) groups excluding carboxylic acids is 1. The Bertz CT molecular complexity index is 395. The first-order valence-corrected chi connectivity index (χ1v) is 6.64. The minimum atomic E-state index is -0.265. The summed E-state index contributed by atoms with van der Waals surface area (Å²) in [5.41, 5.74) is 0.741. The summed E-state index contributed by atoms with van der Waals surface area (Å²) in [6.07, 6.45) is 2.31. The van der Waals surface area contributed by atoms with Gasteiger partial charge in [0.05, 0.1) is 6.07 Å². The molecule has 1 aromatic rings. The lowest BCUT2D eigenvalue weighted by molar-refractivity contribution is -0.115. The summed E-state index contributed by atoms with van der Waals surface area (Å²) in [7, 11) is 0. The predicted molar refractivity (Wildman–Crippen MR) is 70.9 cm³/mol. The van der Waals surface area contributed by atoms with Crippen molar-refractivity contribution in [1.82, 2.24) is 0 Å². The van der Waals surface area contributed by atoms with Crippen LogP contribution < -0.4 is 5.32 Å². The Morgan fingerprint density at radius 1 is 1.41 bits per heavy atom. The van der Waals surface area contributed by atoms with Crippen LogP contribution >= 0.6 is 11.8 Å². The summed E-state index contributed by atoms with van der Waals surface area (Å²) in [4.78, 5) is 12.4. The van der Waals surface area contributed by atoms with E-state index in [2.05, 4.69) is 12.2 Å². The molecule has 3 nitrogen and oxygen atoms in total. The maximum atomic E-state index is 11.2. The molecule has 0 saturated heterocycles. The second-order valence-electron chi connectivity index (χ2n) is 3.61. The summed E-state index contributed by atoms with van der Waals surface area (Å²) in [5.74, 6) is 0.857. The molecule has 90 valence electrons. The van der Waals surface area contributed by atoms with Gasteiger partial charge in [-0.1, -0.05) is 13.3 Å². The zero-order chi connectivity index (χ0) is 12.5. The van der Waals surface area contributed by atoms with Gasteiger partial charge in [0.2, 0.25) is 5.91 Å². The van der Waals surface area contributed by atoms with E-state index in [-0.39, 0.29) is 12.3 Å². The lowest BCUT2D eigenvalue weighted by atomic mass is 10.3. The highest BCUT2D eigenvalue weighted by molar-refractivity contribution is 7.99. The summed E-state index contributed by atoms with van der Waals surface area (Å²) >= 11 is 1.82. The molecule has 0 aliphatic heterocycles. The van der Waals surface area contributed by atoms with Crippen molar-refractivity contribution in [3.63, 3.8) is 0 Å². The smallest absolute Gasteiger partial charge is 0.238 e. The fraction of sp³-hybridized carbons (Fsp3) is 0.385. The molecule has 0 atom stereocenters. The quantitative estimate of drug-likeness (QED) is 0.620. The van der Waals surface area contributed by atoms with Crippen molar-refractivity contribution in [2.45, 2.75) is 31.1 Å². The fourth-order valence-corrected chi connectivity index (χ4v) is 2.24. The third-order valence-corrected chi connectivity index (χ3v) is 3.24.